The van der Waals surface area contributed by atoms with E-state index in [4.69, 9.17) is 9.84 Å². The van der Waals surface area contributed by atoms with Gasteiger partial charge < -0.3 is 25.0 Å². The predicted molar refractivity (Wildman–Crippen MR) is 170 cm³/mol. The summed E-state index contributed by atoms with van der Waals surface area (Å²) in [5, 5.41) is 10.8. The zero-order valence-electron chi connectivity index (χ0n) is 25.9. The van der Waals surface area contributed by atoms with Crippen LogP contribution in [0.1, 0.15) is 123 Å². The SMILES string of the molecule is C=C(O)NCC.CC.CCCC.O=c1[nH]c2c(c(OCCCN3CCC3)c1CCCCCC1CC1)C=CCC2.[HH]. The van der Waals surface area contributed by atoms with Gasteiger partial charge in [0.05, 0.1) is 12.2 Å². The maximum atomic E-state index is 12.7. The number of aliphatic hydroxyl groups is 1. The van der Waals surface area contributed by atoms with Crippen molar-refractivity contribution >= 4 is 6.08 Å². The second kappa shape index (κ2) is 21.6. The van der Waals surface area contributed by atoms with Gasteiger partial charge in [-0.2, -0.15) is 0 Å². The first-order valence-corrected chi connectivity index (χ1v) is 15.9. The molecule has 3 N–H and O–H groups in total. The summed E-state index contributed by atoms with van der Waals surface area (Å²) in [5.74, 6) is 1.92. The molecule has 0 unspecified atom stereocenters. The van der Waals surface area contributed by atoms with Gasteiger partial charge in [-0.15, -0.1) is 0 Å². The Kier molecular flexibility index (Phi) is 19.3. The normalized spacial score (nSPS) is 15.2. The highest BCUT2D eigenvalue weighted by atomic mass is 16.5. The molecule has 0 amide bonds. The Morgan fingerprint density at radius 3 is 2.41 bits per heavy atom. The van der Waals surface area contributed by atoms with Crippen molar-refractivity contribution in [2.24, 2.45) is 5.92 Å². The van der Waals surface area contributed by atoms with Crippen LogP contribution in [0, 0.1) is 5.92 Å². The second-order valence-corrected chi connectivity index (χ2v) is 10.5. The standard InChI is InChI=1S/C23H34N2O2.C4H9NO.C4H10.C2H6.H2/c26-23-20(10-3-1-2-8-18-12-13-18)22(19-9-4-5-11-21(19)24-23)27-17-7-16-25-14-6-15-25;1-3-5-4(2)6;1-3-4-2;1-2;/h4,9,18H,1-3,5-8,10-17H2,(H,24,26);5-6H,2-3H2,1H3;3-4H2,1-2H3;1-2H3;1H. The number of H-pyrrole nitrogens is 1. The van der Waals surface area contributed by atoms with E-state index in [0.717, 1.165) is 73.7 Å². The summed E-state index contributed by atoms with van der Waals surface area (Å²) in [7, 11) is 0. The lowest BCUT2D eigenvalue weighted by Crippen LogP contribution is -2.38. The molecule has 0 aromatic carbocycles. The van der Waals surface area contributed by atoms with Crippen LogP contribution in [-0.2, 0) is 12.8 Å². The summed E-state index contributed by atoms with van der Waals surface area (Å²) in [6, 6.07) is 0. The van der Waals surface area contributed by atoms with Crippen molar-refractivity contribution in [3.8, 4) is 5.75 Å². The molecule has 39 heavy (non-hydrogen) atoms. The lowest BCUT2D eigenvalue weighted by atomic mass is 9.97. The van der Waals surface area contributed by atoms with Crippen molar-refractivity contribution in [2.75, 3.05) is 32.8 Å². The average molecular weight is 548 g/mol. The van der Waals surface area contributed by atoms with E-state index in [-0.39, 0.29) is 12.9 Å². The predicted octanol–water partition coefficient (Wildman–Crippen LogP) is 8.03. The van der Waals surface area contributed by atoms with E-state index in [1.54, 1.807) is 0 Å². The zero-order chi connectivity index (χ0) is 28.9. The van der Waals surface area contributed by atoms with Crippen LogP contribution in [0.5, 0.6) is 5.75 Å². The van der Waals surface area contributed by atoms with Gasteiger partial charge in [-0.1, -0.05) is 84.8 Å². The first kappa shape index (κ1) is 34.8. The number of nitrogens with zero attached hydrogens (tertiary/aromatic N) is 1. The minimum Gasteiger partial charge on any atom is -0.495 e. The summed E-state index contributed by atoms with van der Waals surface area (Å²) in [4.78, 5) is 18.3. The van der Waals surface area contributed by atoms with Crippen LogP contribution in [0.15, 0.2) is 23.3 Å². The van der Waals surface area contributed by atoms with E-state index in [1.165, 1.54) is 64.5 Å². The molecule has 6 heteroatoms. The molecule has 4 rings (SSSR count). The second-order valence-electron chi connectivity index (χ2n) is 10.5. The number of aryl methyl sites for hydroxylation is 1. The van der Waals surface area contributed by atoms with Crippen molar-refractivity contribution in [2.45, 2.75) is 118 Å². The first-order chi connectivity index (χ1) is 19.0. The van der Waals surface area contributed by atoms with Crippen LogP contribution >= 0.6 is 0 Å². The van der Waals surface area contributed by atoms with Crippen molar-refractivity contribution in [3.05, 3.63) is 45.7 Å². The summed E-state index contributed by atoms with van der Waals surface area (Å²) in [6.07, 6.45) is 20.0. The Balaban J connectivity index is 0.00000100. The number of hydrogen-bond donors (Lipinski definition) is 3. The number of aromatic nitrogens is 1. The van der Waals surface area contributed by atoms with Crippen LogP contribution in [0.4, 0.5) is 0 Å². The highest BCUT2D eigenvalue weighted by molar-refractivity contribution is 5.63. The van der Waals surface area contributed by atoms with E-state index in [0.29, 0.717) is 6.61 Å². The van der Waals surface area contributed by atoms with Gasteiger partial charge in [-0.25, -0.2) is 0 Å². The smallest absolute Gasteiger partial charge is 0.255 e. The maximum Gasteiger partial charge on any atom is 0.255 e. The third kappa shape index (κ3) is 14.7. The Bertz CT molecular complexity index is 874. The molecule has 0 bridgehead atoms. The average Bonchev–Trinajstić information content (AvgIpc) is 3.74. The van der Waals surface area contributed by atoms with E-state index in [1.807, 2.05) is 20.8 Å². The maximum absolute atomic E-state index is 12.7. The third-order valence-corrected chi connectivity index (χ3v) is 7.16. The van der Waals surface area contributed by atoms with E-state index < -0.39 is 0 Å². The molecular weight excluding hydrogens is 486 g/mol. The number of unbranched alkanes of at least 4 members (excludes halogenated alkanes) is 3. The fourth-order valence-corrected chi connectivity index (χ4v) is 4.47. The Hall–Kier alpha value is -2.21. The molecule has 1 aliphatic heterocycles. The number of allylic oxidation sites excluding steroid dienone is 1. The van der Waals surface area contributed by atoms with Gasteiger partial charge in [0, 0.05) is 25.8 Å². The van der Waals surface area contributed by atoms with Crippen LogP contribution in [0.2, 0.25) is 0 Å². The molecule has 0 atom stereocenters. The van der Waals surface area contributed by atoms with Gasteiger partial charge in [-0.3, -0.25) is 4.79 Å². The molecule has 226 valence electrons. The summed E-state index contributed by atoms with van der Waals surface area (Å²) >= 11 is 0. The highest BCUT2D eigenvalue weighted by Gasteiger charge is 2.21. The number of fused-ring (bicyclic) bond motifs is 1. The van der Waals surface area contributed by atoms with E-state index in [9.17, 15) is 4.79 Å². The Morgan fingerprint density at radius 2 is 1.87 bits per heavy atom. The minimum atomic E-state index is 0. The Morgan fingerprint density at radius 1 is 1.15 bits per heavy atom. The molecule has 2 aliphatic carbocycles. The topological polar surface area (TPSA) is 77.6 Å². The number of aliphatic hydroxyl groups excluding tert-OH is 1. The minimum absolute atomic E-state index is 0. The quantitative estimate of drug-likeness (QED) is 0.162. The highest BCUT2D eigenvalue weighted by Crippen LogP contribution is 2.34. The molecule has 1 saturated heterocycles. The van der Waals surface area contributed by atoms with Crippen molar-refractivity contribution in [3.63, 3.8) is 0 Å². The number of aromatic amines is 1. The van der Waals surface area contributed by atoms with Crippen LogP contribution in [-0.4, -0.2) is 47.8 Å². The summed E-state index contributed by atoms with van der Waals surface area (Å²) < 4.78 is 6.24. The number of ether oxygens (including phenoxy) is 1. The zero-order valence-corrected chi connectivity index (χ0v) is 25.9. The first-order valence-electron chi connectivity index (χ1n) is 15.9. The van der Waals surface area contributed by atoms with Gasteiger partial charge in [-0.05, 0) is 71.0 Å². The monoisotopic (exact) mass is 547 g/mol. The van der Waals surface area contributed by atoms with E-state index >= 15 is 0 Å². The van der Waals surface area contributed by atoms with E-state index in [2.05, 4.69) is 47.8 Å². The molecular formula is C33H61N3O3. The third-order valence-electron chi connectivity index (χ3n) is 7.16. The lowest BCUT2D eigenvalue weighted by molar-refractivity contribution is 0.165. The van der Waals surface area contributed by atoms with Crippen LogP contribution < -0.4 is 15.6 Å². The molecule has 2 heterocycles. The molecule has 0 radical (unpaired) electrons. The summed E-state index contributed by atoms with van der Waals surface area (Å²) in [5.41, 5.74) is 3.12. The molecule has 0 spiro atoms. The number of rotatable bonds is 14. The van der Waals surface area contributed by atoms with Gasteiger partial charge in [0.2, 0.25) is 0 Å². The molecule has 3 aliphatic rings. The molecule has 1 aromatic heterocycles. The fraction of sp³-hybridized carbons (Fsp3) is 0.727. The van der Waals surface area contributed by atoms with Gasteiger partial charge >= 0.3 is 0 Å². The largest absolute Gasteiger partial charge is 0.495 e. The van der Waals surface area contributed by atoms with Gasteiger partial charge in [0.15, 0.2) is 5.88 Å². The van der Waals surface area contributed by atoms with Crippen molar-refractivity contribution in [1.82, 2.24) is 15.2 Å². The van der Waals surface area contributed by atoms with Crippen LogP contribution in [0.25, 0.3) is 6.08 Å². The van der Waals surface area contributed by atoms with Gasteiger partial charge in [0.1, 0.15) is 5.75 Å². The number of likely N-dealkylation sites (tertiary alicyclic amines) is 1. The Labute approximate surface area is 240 Å². The lowest BCUT2D eigenvalue weighted by Gasteiger charge is -2.30. The molecule has 6 nitrogen and oxygen atoms in total. The van der Waals surface area contributed by atoms with Gasteiger partial charge in [0.25, 0.3) is 5.56 Å². The molecule has 1 aromatic rings. The van der Waals surface area contributed by atoms with Crippen LogP contribution in [0.3, 0.4) is 0 Å². The molecule has 1 saturated carbocycles. The number of pyridine rings is 1. The fourth-order valence-electron chi connectivity index (χ4n) is 4.47. The summed E-state index contributed by atoms with van der Waals surface area (Å²) in [6.45, 7) is 18.4. The molecule has 2 fully saturated rings. The number of hydrogen-bond acceptors (Lipinski definition) is 5. The number of nitrogens with one attached hydrogen (secondary N) is 2. The van der Waals surface area contributed by atoms with Crippen molar-refractivity contribution in [1.29, 1.82) is 0 Å². The van der Waals surface area contributed by atoms with Crippen molar-refractivity contribution < 1.29 is 11.3 Å².